The van der Waals surface area contributed by atoms with Crippen LogP contribution in [0.3, 0.4) is 0 Å². The van der Waals surface area contributed by atoms with Crippen LogP contribution < -0.4 is 119 Å². The van der Waals surface area contributed by atoms with Gasteiger partial charge in [0, 0.05) is 0 Å². The minimum atomic E-state index is -4.47. The molecular formula is C48H33N12Na3O27S6. The number of azo groups is 3. The monoisotopic (exact) mass is 1470 g/mol. The summed E-state index contributed by atoms with van der Waals surface area (Å²) in [6, 6.07) is 20.6. The number of hydrogen-bond donors (Lipinski definition) is 6. The second-order valence-electron chi connectivity index (χ2n) is 17.9. The van der Waals surface area contributed by atoms with Gasteiger partial charge in [0.1, 0.15) is 17.1 Å². The van der Waals surface area contributed by atoms with E-state index in [0.717, 1.165) is 146 Å². The van der Waals surface area contributed by atoms with Crippen molar-refractivity contribution in [3.8, 4) is 0 Å². The van der Waals surface area contributed by atoms with Crippen molar-refractivity contribution in [3.05, 3.63) is 146 Å². The molecule has 0 aliphatic carbocycles. The molecule has 39 nitrogen and oxygen atoms in total. The molecule has 0 saturated heterocycles. The topological polar surface area (TPSA) is 619 Å². The van der Waals surface area contributed by atoms with Crippen molar-refractivity contribution < 1.29 is 211 Å². The van der Waals surface area contributed by atoms with Gasteiger partial charge in [0.25, 0.3) is 78.4 Å². The van der Waals surface area contributed by atoms with E-state index >= 15 is 0 Å². The van der Waals surface area contributed by atoms with Gasteiger partial charge in [-0.2, -0.15) is 112 Å². The number of hydrogen-bond acceptors (Lipinski definition) is 30. The molecule has 0 saturated carbocycles. The molecule has 96 heavy (non-hydrogen) atoms. The largest absolute Gasteiger partial charge is 1.00 e. The molecule has 3 aliphatic heterocycles. The Kier molecular flexibility index (Phi) is 27.1. The number of hydrazone groups is 3. The van der Waals surface area contributed by atoms with E-state index in [9.17, 15) is 94.6 Å². The first-order chi connectivity index (χ1) is 43.1. The summed E-state index contributed by atoms with van der Waals surface area (Å²) in [5.41, 5.74) is -2.16. The fourth-order valence-electron chi connectivity index (χ4n) is 7.36. The summed E-state index contributed by atoms with van der Waals surface area (Å²) < 4.78 is 187. The molecule has 0 radical (unpaired) electrons. The van der Waals surface area contributed by atoms with Gasteiger partial charge in [-0.25, -0.2) is 0 Å². The summed E-state index contributed by atoms with van der Waals surface area (Å²) >= 11 is 0. The molecule has 486 valence electrons. The van der Waals surface area contributed by atoms with Crippen LogP contribution >= 0.6 is 0 Å². The Balaban J connectivity index is 0.000000302. The van der Waals surface area contributed by atoms with Crippen molar-refractivity contribution in [1.29, 1.82) is 0 Å². The van der Waals surface area contributed by atoms with Crippen LogP contribution in [0.4, 0.5) is 34.1 Å². The number of carboxylic acid groups (broad SMARTS) is 3. The predicted octanol–water partition coefficient (Wildman–Crippen LogP) is -9.63. The second kappa shape index (κ2) is 32.2. The van der Waals surface area contributed by atoms with Crippen molar-refractivity contribution in [2.75, 3.05) is 15.0 Å². The molecule has 3 atom stereocenters. The number of carboxylic acids is 3. The fraction of sp³-hybridized carbons (Fsp3) is 0.0625. The van der Waals surface area contributed by atoms with Crippen LogP contribution in [0.15, 0.2) is 221 Å². The van der Waals surface area contributed by atoms with E-state index < -0.39 is 161 Å². The van der Waals surface area contributed by atoms with Crippen LogP contribution in [0.2, 0.25) is 0 Å². The third kappa shape index (κ3) is 20.5. The van der Waals surface area contributed by atoms with Gasteiger partial charge in [-0.1, -0.05) is 0 Å². The van der Waals surface area contributed by atoms with E-state index in [1.807, 2.05) is 0 Å². The van der Waals surface area contributed by atoms with E-state index in [1.54, 1.807) is 0 Å². The average Bonchev–Trinajstić information content (AvgIpc) is 1.67. The zero-order chi connectivity index (χ0) is 68.9. The third-order valence-corrected chi connectivity index (χ3v) is 17.0. The summed E-state index contributed by atoms with van der Waals surface area (Å²) in [5.74, 6) is -8.19. The van der Waals surface area contributed by atoms with E-state index in [-0.39, 0.29) is 123 Å². The smallest absolute Gasteiger partial charge is 0.543 e. The molecule has 0 bridgehead atoms. The summed E-state index contributed by atoms with van der Waals surface area (Å²) in [5, 5.41) is 68.9. The average molecular weight is 1470 g/mol. The van der Waals surface area contributed by atoms with Crippen molar-refractivity contribution in [1.82, 2.24) is 0 Å². The number of anilines is 3. The van der Waals surface area contributed by atoms with E-state index in [2.05, 4.69) is 46.0 Å². The van der Waals surface area contributed by atoms with Gasteiger partial charge in [-0.15, -0.1) is 0 Å². The predicted molar refractivity (Wildman–Crippen MR) is 302 cm³/mol. The van der Waals surface area contributed by atoms with Gasteiger partial charge < -0.3 is 29.7 Å². The maximum Gasteiger partial charge on any atom is 1.00 e. The van der Waals surface area contributed by atoms with Crippen LogP contribution in [-0.2, 0) is 89.5 Å². The summed E-state index contributed by atoms with van der Waals surface area (Å²) in [4.78, 5) is 69.3. The number of rotatable bonds is 18. The Morgan fingerprint density at radius 3 is 0.615 bits per heavy atom. The Morgan fingerprint density at radius 2 is 0.469 bits per heavy atom. The van der Waals surface area contributed by atoms with Crippen LogP contribution in [0.5, 0.6) is 0 Å². The van der Waals surface area contributed by atoms with E-state index in [0.29, 0.717) is 15.0 Å². The van der Waals surface area contributed by atoms with Crippen LogP contribution in [-0.4, -0.2) is 149 Å². The normalized spacial score (nSPS) is 16.7. The second-order valence-corrected chi connectivity index (χ2v) is 26.5. The minimum absolute atomic E-state index is 0. The number of carbonyl (C=O) groups excluding carboxylic acids is 6. The molecule has 0 fully saturated rings. The molecule has 6 aromatic carbocycles. The van der Waals surface area contributed by atoms with Crippen molar-refractivity contribution in [2.45, 2.75) is 47.5 Å². The Labute approximate surface area is 606 Å². The third-order valence-electron chi connectivity index (χ3n) is 11.8. The van der Waals surface area contributed by atoms with Crippen molar-refractivity contribution in [3.63, 3.8) is 0 Å². The van der Waals surface area contributed by atoms with Gasteiger partial charge in [0.2, 0.25) is 0 Å². The summed E-state index contributed by atoms with van der Waals surface area (Å²) in [6.45, 7) is 0. The van der Waals surface area contributed by atoms with Gasteiger partial charge in [0.05, 0.1) is 81.4 Å². The van der Waals surface area contributed by atoms with E-state index in [4.69, 9.17) is 27.3 Å². The molecule has 3 amide bonds. The molecule has 48 heteroatoms. The maximum absolute atomic E-state index is 12.6. The van der Waals surface area contributed by atoms with Gasteiger partial charge in [-0.05, 0) is 146 Å². The van der Waals surface area contributed by atoms with Gasteiger partial charge >= 0.3 is 88.7 Å². The Bertz CT molecular complexity index is 4460. The Hall–Kier alpha value is -7.59. The maximum atomic E-state index is 12.6. The van der Waals surface area contributed by atoms with Crippen LogP contribution in [0.1, 0.15) is 0 Å². The number of amides is 3. The summed E-state index contributed by atoms with van der Waals surface area (Å²) in [7, 11) is -26.7. The first-order valence-corrected chi connectivity index (χ1v) is 32.9. The molecule has 0 aromatic heterocycles. The van der Waals surface area contributed by atoms with Crippen molar-refractivity contribution in [2.24, 2.45) is 46.0 Å². The van der Waals surface area contributed by atoms with Gasteiger partial charge in [0.15, 0.2) is 18.1 Å². The molecule has 3 unspecified atom stereocenters. The quantitative estimate of drug-likeness (QED) is 0.0264. The standard InChI is InChI=1S/3C16H12N4O9S2.3Na/c3*21-15-13(18-17-9-1-5-11(6-2-9)30(24,25)26)14(16(22)23)19-20(15)10-3-7-12(8-4-10)31(27,28)29;;;/h3*1-8,13H,(H,22,23)(H,24,25,26)(H,27,28,29);;;/q;;;3*+1/p-3. The number of aliphatic carboxylic acids is 3. The molecule has 6 N–H and O–H groups in total. The number of benzene rings is 6. The number of nitrogens with zero attached hydrogens (tertiary/aromatic N) is 12. The molecule has 6 aromatic rings. The molecule has 3 heterocycles. The minimum Gasteiger partial charge on any atom is -0.543 e. The number of carbonyl (C=O) groups is 6. The van der Waals surface area contributed by atoms with E-state index in [1.165, 1.54) is 0 Å². The van der Waals surface area contributed by atoms with Crippen molar-refractivity contribution >= 4 is 148 Å². The first kappa shape index (κ1) is 80.8. The van der Waals surface area contributed by atoms with Crippen LogP contribution in [0, 0.1) is 0 Å². The van der Waals surface area contributed by atoms with Gasteiger partial charge in [-0.3, -0.25) is 41.7 Å². The molecule has 0 spiro atoms. The molecule has 3 aliphatic rings. The Morgan fingerprint density at radius 1 is 0.312 bits per heavy atom. The molecule has 9 rings (SSSR count). The first-order valence-electron chi connectivity index (χ1n) is 24.2. The fourth-order valence-corrected chi connectivity index (χ4v) is 10.2. The summed E-state index contributed by atoms with van der Waals surface area (Å²) in [6.07, 6.45) is 0. The van der Waals surface area contributed by atoms with Crippen LogP contribution in [0.25, 0.3) is 0 Å². The molecular weight excluding hydrogens is 1440 g/mol. The zero-order valence-electron chi connectivity index (χ0n) is 48.2. The zero-order valence-corrected chi connectivity index (χ0v) is 59.1. The SMILES string of the molecule is O=C([O-])C1=NN(c2ccc(S(=O)(=O)O)cc2)C(=O)C1N=Nc1ccc(S(=O)(=O)O)cc1.O=C([O-])C1=NN(c2ccc(S(=O)(=O)O)cc2)C(=O)C1N=Nc1ccc(S(=O)(=O)O)cc1.O=C([O-])C1=NN(c2ccc(S(=O)(=O)O)cc2)C(=O)C1N=Nc1ccc(S(=O)(=O)O)cc1.[Na+].[Na+].[Na+].